The summed E-state index contributed by atoms with van der Waals surface area (Å²) in [5.41, 5.74) is 14.2. The van der Waals surface area contributed by atoms with E-state index in [2.05, 4.69) is 125 Å². The zero-order valence-electron chi connectivity index (χ0n) is 36.9. The Labute approximate surface area is 390 Å². The molecule has 0 spiro atoms. The molecule has 11 rings (SSSR count). The molecule has 2 aliphatic heterocycles. The average Bonchev–Trinajstić information content (AvgIpc) is 4.13. The van der Waals surface area contributed by atoms with E-state index >= 15 is 0 Å². The average molecular weight is 925 g/mol. The summed E-state index contributed by atoms with van der Waals surface area (Å²) in [6, 6.07) is 52.7. The van der Waals surface area contributed by atoms with Crippen LogP contribution in [0.4, 0.5) is 11.4 Å². The van der Waals surface area contributed by atoms with Crippen molar-refractivity contribution in [3.05, 3.63) is 189 Å². The van der Waals surface area contributed by atoms with E-state index in [-0.39, 0.29) is 19.5 Å². The normalized spacial score (nSPS) is 15.8. The maximum Gasteiger partial charge on any atom is 5.00 e. The van der Waals surface area contributed by atoms with E-state index in [4.69, 9.17) is 9.40 Å². The minimum atomic E-state index is 0. The van der Waals surface area contributed by atoms with Crippen LogP contribution in [-0.4, -0.2) is 33.4 Å². The Balaban J connectivity index is 0.000000160. The van der Waals surface area contributed by atoms with Gasteiger partial charge >= 0.3 is 19.5 Å². The molecule has 0 N–H and O–H groups in total. The summed E-state index contributed by atoms with van der Waals surface area (Å²) in [4.78, 5) is 13.2. The van der Waals surface area contributed by atoms with Crippen LogP contribution in [0.25, 0.3) is 66.8 Å². The van der Waals surface area contributed by atoms with Crippen LogP contribution in [0.2, 0.25) is 0 Å². The van der Waals surface area contributed by atoms with Gasteiger partial charge in [0.2, 0.25) is 0 Å². The van der Waals surface area contributed by atoms with Gasteiger partial charge in [-0.05, 0) is 135 Å². The van der Waals surface area contributed by atoms with Crippen molar-refractivity contribution in [2.75, 3.05) is 23.9 Å². The number of para-hydroxylation sites is 1. The number of aromatic nitrogens is 2. The Morgan fingerprint density at radius 1 is 0.625 bits per heavy atom. The van der Waals surface area contributed by atoms with Crippen LogP contribution in [-0.2, 0) is 26.5 Å². The molecule has 8 aromatic rings. The fraction of sp³-hybridized carbons (Fsp3) is 0.196. The maximum atomic E-state index is 6.13. The zero-order valence-corrected chi connectivity index (χ0v) is 38.7. The maximum absolute atomic E-state index is 6.13. The minimum Gasteiger partial charge on any atom is -0.510 e. The van der Waals surface area contributed by atoms with Gasteiger partial charge in [-0.2, -0.15) is 25.5 Å². The summed E-state index contributed by atoms with van der Waals surface area (Å²) in [5.74, 6) is 0.692. The fourth-order valence-corrected chi connectivity index (χ4v) is 8.92. The van der Waals surface area contributed by atoms with Crippen LogP contribution >= 0.6 is 0 Å². The summed E-state index contributed by atoms with van der Waals surface area (Å²) in [6.45, 7) is 8.88. The van der Waals surface area contributed by atoms with Crippen molar-refractivity contribution in [3.8, 4) is 44.9 Å². The van der Waals surface area contributed by atoms with E-state index in [0.717, 1.165) is 67.1 Å². The second-order valence-electron chi connectivity index (χ2n) is 17.8. The van der Waals surface area contributed by atoms with Gasteiger partial charge in [0, 0.05) is 10.8 Å². The van der Waals surface area contributed by atoms with Crippen molar-refractivity contribution in [1.29, 1.82) is 0 Å². The van der Waals surface area contributed by atoms with E-state index in [1.54, 1.807) is 0 Å². The first kappa shape index (κ1) is 42.9. The van der Waals surface area contributed by atoms with Gasteiger partial charge in [-0.3, -0.25) is 0 Å². The van der Waals surface area contributed by atoms with Crippen molar-refractivity contribution in [3.63, 3.8) is 0 Å². The van der Waals surface area contributed by atoms with Crippen molar-refractivity contribution >= 4 is 33.3 Å². The van der Waals surface area contributed by atoms with Crippen molar-refractivity contribution in [2.24, 2.45) is 12.5 Å². The van der Waals surface area contributed by atoms with Crippen molar-refractivity contribution < 1.29 is 23.9 Å². The number of fused-ring (bicyclic) bond motifs is 3. The Morgan fingerprint density at radius 3 is 1.91 bits per heavy atom. The molecule has 1 radical (unpaired) electrons. The molecule has 319 valence electrons. The van der Waals surface area contributed by atoms with Crippen LogP contribution in [0.1, 0.15) is 51.0 Å². The summed E-state index contributed by atoms with van der Waals surface area (Å²) in [7, 11) is 6.07. The van der Waals surface area contributed by atoms with E-state index in [1.165, 1.54) is 42.4 Å². The predicted molar refractivity (Wildman–Crippen MR) is 258 cm³/mol. The van der Waals surface area contributed by atoms with Gasteiger partial charge < -0.3 is 33.6 Å². The number of hydrogen-bond donors (Lipinski definition) is 0. The molecule has 3 aromatic heterocycles. The number of pyridine rings is 1. The van der Waals surface area contributed by atoms with Gasteiger partial charge in [0.25, 0.3) is 0 Å². The van der Waals surface area contributed by atoms with Crippen LogP contribution in [0.5, 0.6) is 0 Å². The first-order valence-corrected chi connectivity index (χ1v) is 21.8. The molecule has 64 heavy (non-hydrogen) atoms. The third-order valence-corrected chi connectivity index (χ3v) is 12.6. The van der Waals surface area contributed by atoms with E-state index in [9.17, 15) is 0 Å². The molecule has 7 nitrogen and oxygen atoms in total. The fourth-order valence-electron chi connectivity index (χ4n) is 8.92. The van der Waals surface area contributed by atoms with Gasteiger partial charge in [0.1, 0.15) is 11.2 Å². The summed E-state index contributed by atoms with van der Waals surface area (Å²) in [6.07, 6.45) is 15.4. The third-order valence-electron chi connectivity index (χ3n) is 12.6. The Hall–Kier alpha value is -6.37. The topological polar surface area (TPSA) is 43.9 Å². The second kappa shape index (κ2) is 18.0. The molecule has 0 atom stereocenters. The molecule has 0 bridgehead atoms. The van der Waals surface area contributed by atoms with Crippen LogP contribution < -0.4 is 9.80 Å². The first-order chi connectivity index (χ1) is 30.6. The number of anilines is 2. The monoisotopic (exact) mass is 925 g/mol. The largest absolute Gasteiger partial charge is 5.00 e. The molecular weight excluding hydrogens is 874 g/mol. The van der Waals surface area contributed by atoms with E-state index in [0.29, 0.717) is 11.3 Å². The number of rotatable bonds is 7. The van der Waals surface area contributed by atoms with Crippen molar-refractivity contribution in [2.45, 2.75) is 45.4 Å². The Morgan fingerprint density at radius 2 is 1.27 bits per heavy atom. The molecule has 1 saturated carbocycles. The van der Waals surface area contributed by atoms with Gasteiger partial charge in [-0.25, -0.2) is 0 Å². The summed E-state index contributed by atoms with van der Waals surface area (Å²) >= 11 is 0. The molecule has 5 aromatic carbocycles. The standard InChI is InChI=1S/C30H30N2.C26H21N4O.Ru/c1-30(2)17-15-24(16-18-30)22-11-13-23(14-12-22)26-20-27(25-8-5-4-6-9-25)31-28(21-26)29-10-7-19-32(29)3;1-27-9-11-29(17-27)21-13-20(14-22(16-21)30-12-10-28(2)18-30)19-7-8-24-23-5-3-4-6-25(23)31-26(24)15-19;/h4-8,11-14,19-21,24H,15-18H2,1-3H3;3-15,17-18H,1-2H3;/q-2;-3;+5. The molecule has 8 heteroatoms. The van der Waals surface area contributed by atoms with Gasteiger partial charge in [-0.1, -0.05) is 86.4 Å². The molecule has 3 aliphatic rings. The van der Waals surface area contributed by atoms with Crippen LogP contribution in [0.3, 0.4) is 0 Å². The summed E-state index contributed by atoms with van der Waals surface area (Å²) in [5, 5.41) is 2.28. The quantitative estimate of drug-likeness (QED) is 0.117. The molecule has 5 heterocycles. The van der Waals surface area contributed by atoms with E-state index in [1.807, 2.05) is 118 Å². The molecule has 0 amide bonds. The number of aryl methyl sites for hydroxylation is 1. The summed E-state index contributed by atoms with van der Waals surface area (Å²) < 4.78 is 8.19. The second-order valence-corrected chi connectivity index (χ2v) is 17.8. The van der Waals surface area contributed by atoms with Crippen LogP contribution in [0.15, 0.2) is 157 Å². The van der Waals surface area contributed by atoms with E-state index < -0.39 is 0 Å². The van der Waals surface area contributed by atoms with Gasteiger partial charge in [0.05, 0.1) is 0 Å². The molecule has 0 unspecified atom stereocenters. The molecular formula is C56H51N6ORu. The van der Waals surface area contributed by atoms with Gasteiger partial charge in [0.15, 0.2) is 0 Å². The number of furan rings is 1. The molecule has 1 aliphatic carbocycles. The van der Waals surface area contributed by atoms with Crippen LogP contribution in [0, 0.1) is 37.0 Å². The zero-order chi connectivity index (χ0) is 43.1. The smallest absolute Gasteiger partial charge is 0.510 e. The molecule has 1 fully saturated rings. The Bertz CT molecular complexity index is 2910. The SMILES string of the molecule is CN1C=CN(c2[c-]c(N3C=CN(C)[CH-]3)cc(-c3ccc4c(c3)oc3ccccc34)c2)[CH-]1.Cn1cc[c-]c1-c1cc(-c2ccc(C3CCC(C)(C)CC3)cc2)cc(-c2[c-]cccc2)n1.[Ru+5]. The van der Waals surface area contributed by atoms with Gasteiger partial charge in [-0.15, -0.1) is 71.0 Å². The molecule has 0 saturated heterocycles. The number of hydrogen-bond acceptors (Lipinski definition) is 6. The van der Waals surface area contributed by atoms with Crippen molar-refractivity contribution in [1.82, 2.24) is 19.4 Å². The Kier molecular flexibility index (Phi) is 12.1. The predicted octanol–water partition coefficient (Wildman–Crippen LogP) is 13.4. The third kappa shape index (κ3) is 9.03. The first-order valence-electron chi connectivity index (χ1n) is 21.8. The number of benzene rings is 5. The number of nitrogens with zero attached hydrogens (tertiary/aromatic N) is 6. The minimum absolute atomic E-state index is 0.